The van der Waals surface area contributed by atoms with Crippen molar-refractivity contribution < 1.29 is 33.7 Å². The van der Waals surface area contributed by atoms with E-state index in [0.717, 1.165) is 19.3 Å². The van der Waals surface area contributed by atoms with Crippen molar-refractivity contribution in [2.24, 2.45) is 17.3 Å². The molecule has 0 radical (unpaired) electrons. The zero-order chi connectivity index (χ0) is 27.4. The molecule has 37 heavy (non-hydrogen) atoms. The molecule has 2 N–H and O–H groups in total. The predicted octanol–water partition coefficient (Wildman–Crippen LogP) is 4.01. The monoisotopic (exact) mass is 515 g/mol. The van der Waals surface area contributed by atoms with Gasteiger partial charge in [-0.3, -0.25) is 9.59 Å². The largest absolute Gasteiger partial charge is 0.458 e. The molecule has 2 aliphatic heterocycles. The summed E-state index contributed by atoms with van der Waals surface area (Å²) in [6, 6.07) is 0. The molecule has 2 fully saturated rings. The molecule has 2 aliphatic rings. The number of rotatable bonds is 4. The first-order valence-electron chi connectivity index (χ1n) is 13.2. The number of fused-ring (bicyclic) bond motifs is 1. The number of aromatic nitrogens is 1. The summed E-state index contributed by atoms with van der Waals surface area (Å²) in [5, 5.41) is 22.1. The van der Waals surface area contributed by atoms with E-state index in [4.69, 9.17) is 20.3 Å². The van der Waals surface area contributed by atoms with Crippen molar-refractivity contribution >= 4 is 17.8 Å². The van der Waals surface area contributed by atoms with Gasteiger partial charge in [0.1, 0.15) is 23.8 Å². The van der Waals surface area contributed by atoms with Crippen LogP contribution >= 0.6 is 0 Å². The summed E-state index contributed by atoms with van der Waals surface area (Å²) in [7, 11) is 0. The third-order valence-electron chi connectivity index (χ3n) is 7.98. The Bertz CT molecular complexity index is 1020. The molecule has 204 valence electrons. The molecule has 1 aromatic rings. The first-order valence-corrected chi connectivity index (χ1v) is 13.2. The van der Waals surface area contributed by atoms with Gasteiger partial charge in [0, 0.05) is 25.7 Å². The lowest BCUT2D eigenvalue weighted by Crippen LogP contribution is -2.46. The molecule has 3 heterocycles. The zero-order valence-electron chi connectivity index (χ0n) is 22.6. The Labute approximate surface area is 219 Å². The van der Waals surface area contributed by atoms with Gasteiger partial charge in [-0.05, 0) is 44.3 Å². The summed E-state index contributed by atoms with van der Waals surface area (Å²) >= 11 is 0. The van der Waals surface area contributed by atoms with E-state index in [1.165, 1.54) is 6.26 Å². The maximum Gasteiger partial charge on any atom is 0.309 e. The van der Waals surface area contributed by atoms with Gasteiger partial charge in [-0.15, -0.1) is 12.3 Å². The minimum Gasteiger partial charge on any atom is -0.458 e. The van der Waals surface area contributed by atoms with E-state index in [2.05, 4.69) is 10.9 Å². The van der Waals surface area contributed by atoms with E-state index in [9.17, 15) is 19.8 Å². The van der Waals surface area contributed by atoms with Crippen LogP contribution in [0.1, 0.15) is 84.2 Å². The standard InChI is InChI=1S/C29H41NO7/c1-7-8-11-22-26(33)18(2)10-9-14-29(6)24(37-29)15-21(13-12-20-17-35-19(3)30-20)36-25(32)16-23(31)28(4,5)27(22)34/h1,12-13,17-18,21-24,26,31,33H,8-11,14-16H2,2-6H3. The van der Waals surface area contributed by atoms with Gasteiger partial charge in [0.05, 0.1) is 35.7 Å². The van der Waals surface area contributed by atoms with Gasteiger partial charge in [-0.25, -0.2) is 4.98 Å². The van der Waals surface area contributed by atoms with Crippen molar-refractivity contribution in [1.29, 1.82) is 0 Å². The number of cyclic esters (lactones) is 1. The van der Waals surface area contributed by atoms with E-state index < -0.39 is 35.6 Å². The quantitative estimate of drug-likeness (QED) is 0.350. The third-order valence-corrected chi connectivity index (χ3v) is 7.98. The molecule has 2 saturated heterocycles. The number of esters is 1. The molecule has 0 aliphatic carbocycles. The highest BCUT2D eigenvalue weighted by molar-refractivity contribution is 5.88. The molecular formula is C29H41NO7. The van der Waals surface area contributed by atoms with Crippen molar-refractivity contribution in [3.05, 3.63) is 23.9 Å². The summed E-state index contributed by atoms with van der Waals surface area (Å²) in [4.78, 5) is 30.7. The van der Waals surface area contributed by atoms with Crippen LogP contribution in [-0.2, 0) is 19.1 Å². The molecular weight excluding hydrogens is 474 g/mol. The van der Waals surface area contributed by atoms with E-state index in [1.54, 1.807) is 32.9 Å². The fourth-order valence-corrected chi connectivity index (χ4v) is 5.16. The minimum atomic E-state index is -1.29. The molecule has 0 saturated carbocycles. The van der Waals surface area contributed by atoms with Gasteiger partial charge in [0.15, 0.2) is 5.89 Å². The highest BCUT2D eigenvalue weighted by Gasteiger charge is 2.52. The Balaban J connectivity index is 1.84. The number of aryl methyl sites for hydroxylation is 1. The van der Waals surface area contributed by atoms with Crippen LogP contribution in [0, 0.1) is 36.5 Å². The predicted molar refractivity (Wildman–Crippen MR) is 138 cm³/mol. The highest BCUT2D eigenvalue weighted by atomic mass is 16.6. The molecule has 0 amide bonds. The second-order valence-corrected chi connectivity index (χ2v) is 11.3. The molecule has 8 heteroatoms. The molecule has 3 rings (SSSR count). The summed E-state index contributed by atoms with van der Waals surface area (Å²) < 4.78 is 17.0. The number of Topliss-reactive ketones (excluding diaryl/α,β-unsaturated/α-hetero) is 1. The minimum absolute atomic E-state index is 0.0894. The number of aliphatic hydroxyl groups excluding tert-OH is 2. The molecule has 0 bridgehead atoms. The van der Waals surface area contributed by atoms with Crippen molar-refractivity contribution in [3.8, 4) is 12.3 Å². The fourth-order valence-electron chi connectivity index (χ4n) is 5.16. The number of oxazole rings is 1. The van der Waals surface area contributed by atoms with Gasteiger partial charge >= 0.3 is 5.97 Å². The van der Waals surface area contributed by atoms with Crippen LogP contribution in [0.4, 0.5) is 0 Å². The van der Waals surface area contributed by atoms with Crippen molar-refractivity contribution in [2.75, 3.05) is 0 Å². The van der Waals surface area contributed by atoms with Gasteiger partial charge in [0.25, 0.3) is 0 Å². The maximum absolute atomic E-state index is 13.6. The number of carbonyl (C=O) groups is 2. The number of ether oxygens (including phenoxy) is 2. The Hall–Kier alpha value is -2.47. The summed E-state index contributed by atoms with van der Waals surface area (Å²) in [6.45, 7) is 8.92. The second kappa shape index (κ2) is 11.9. The normalized spacial score (nSPS) is 35.5. The first kappa shape index (κ1) is 29.1. The van der Waals surface area contributed by atoms with Gasteiger partial charge in [-0.1, -0.05) is 27.2 Å². The van der Waals surface area contributed by atoms with Crippen molar-refractivity contribution in [1.82, 2.24) is 4.98 Å². The van der Waals surface area contributed by atoms with Gasteiger partial charge in [0.2, 0.25) is 0 Å². The van der Waals surface area contributed by atoms with Crippen LogP contribution < -0.4 is 0 Å². The van der Waals surface area contributed by atoms with Gasteiger partial charge in [-0.2, -0.15) is 0 Å². The summed E-state index contributed by atoms with van der Waals surface area (Å²) in [5.41, 5.74) is -1.01. The van der Waals surface area contributed by atoms with Crippen molar-refractivity contribution in [3.63, 3.8) is 0 Å². The fraction of sp³-hybridized carbons (Fsp3) is 0.690. The molecule has 7 unspecified atom stereocenters. The van der Waals surface area contributed by atoms with Gasteiger partial charge < -0.3 is 24.1 Å². The maximum atomic E-state index is 13.6. The molecule has 7 atom stereocenters. The van der Waals surface area contributed by atoms with Crippen LogP contribution in [0.5, 0.6) is 0 Å². The Morgan fingerprint density at radius 2 is 2.00 bits per heavy atom. The van der Waals surface area contributed by atoms with Crippen LogP contribution in [0.3, 0.4) is 0 Å². The number of terminal acetylenes is 1. The Morgan fingerprint density at radius 1 is 1.27 bits per heavy atom. The SMILES string of the molecule is C#CCCC1C(=O)C(C)(C)C(O)CC(=O)OC(C=Cc2coc(C)n2)CC2OC2(C)CCCC(C)C1O. The average molecular weight is 516 g/mol. The van der Waals surface area contributed by atoms with E-state index in [1.807, 2.05) is 13.8 Å². The number of ketones is 1. The van der Waals surface area contributed by atoms with E-state index >= 15 is 0 Å². The number of aliphatic hydroxyl groups is 2. The molecule has 0 aromatic carbocycles. The third kappa shape index (κ3) is 7.31. The van der Waals surface area contributed by atoms with Crippen LogP contribution in [0.25, 0.3) is 6.08 Å². The topological polar surface area (TPSA) is 122 Å². The lowest BCUT2D eigenvalue weighted by atomic mass is 9.71. The summed E-state index contributed by atoms with van der Waals surface area (Å²) in [6.07, 6.45) is 10.6. The number of carbonyl (C=O) groups excluding carboxylic acids is 2. The number of nitrogens with zero attached hydrogens (tertiary/aromatic N) is 1. The summed E-state index contributed by atoms with van der Waals surface area (Å²) in [5.74, 6) is 1.28. The average Bonchev–Trinajstić information content (AvgIpc) is 3.26. The zero-order valence-corrected chi connectivity index (χ0v) is 22.6. The van der Waals surface area contributed by atoms with Crippen LogP contribution in [0.2, 0.25) is 0 Å². The van der Waals surface area contributed by atoms with E-state index in [0.29, 0.717) is 30.8 Å². The smallest absolute Gasteiger partial charge is 0.309 e. The molecule has 8 nitrogen and oxygen atoms in total. The number of epoxide rings is 1. The van der Waals surface area contributed by atoms with E-state index in [-0.39, 0.29) is 29.8 Å². The van der Waals surface area contributed by atoms with Crippen LogP contribution in [0.15, 0.2) is 16.8 Å². The van der Waals surface area contributed by atoms with Crippen molar-refractivity contribution in [2.45, 2.75) is 110 Å². The lowest BCUT2D eigenvalue weighted by Gasteiger charge is -2.36. The second-order valence-electron chi connectivity index (χ2n) is 11.3. The lowest BCUT2D eigenvalue weighted by molar-refractivity contribution is -0.154. The Kier molecular flexibility index (Phi) is 9.38. The number of hydrogen-bond acceptors (Lipinski definition) is 8. The molecule has 1 aromatic heterocycles. The Morgan fingerprint density at radius 3 is 2.65 bits per heavy atom. The first-order chi connectivity index (χ1) is 17.4. The molecule has 0 spiro atoms. The number of hydrogen-bond donors (Lipinski definition) is 2. The van der Waals surface area contributed by atoms with Crippen LogP contribution in [-0.4, -0.2) is 57.0 Å². The highest BCUT2D eigenvalue weighted by Crippen LogP contribution is 2.44.